The molecule has 2 aromatic heterocycles. The number of Topliss-reactive ketones (excluding diaryl/α,β-unsaturated/α-hetero) is 1. The molecule has 3 aromatic rings. The van der Waals surface area contributed by atoms with Crippen molar-refractivity contribution >= 4 is 46.2 Å². The second-order valence-corrected chi connectivity index (χ2v) is 12.5. The molecule has 0 aliphatic carbocycles. The number of aliphatic hydroxyl groups is 2. The highest BCUT2D eigenvalue weighted by molar-refractivity contribution is 7.66. The molecule has 0 bridgehead atoms. The summed E-state index contributed by atoms with van der Waals surface area (Å²) >= 11 is 0. The topological polar surface area (TPSA) is 296 Å². The number of benzene rings is 1. The Morgan fingerprint density at radius 2 is 1.73 bits per heavy atom. The molecule has 19 nitrogen and oxygen atoms in total. The van der Waals surface area contributed by atoms with E-state index in [0.29, 0.717) is 4.57 Å². The van der Waals surface area contributed by atoms with Crippen molar-refractivity contribution in [1.82, 2.24) is 19.5 Å². The summed E-state index contributed by atoms with van der Waals surface area (Å²) in [6.07, 6.45) is -3.18. The molecular weight excluding hydrogens is 610 g/mol. The van der Waals surface area contributed by atoms with Crippen molar-refractivity contribution in [3.05, 3.63) is 48.5 Å². The van der Waals surface area contributed by atoms with Crippen LogP contribution in [0.4, 0.5) is 10.2 Å². The van der Waals surface area contributed by atoms with Gasteiger partial charge in [0.25, 0.3) is 11.6 Å². The number of carbonyl (C=O) groups is 1. The summed E-state index contributed by atoms with van der Waals surface area (Å²) in [7, 11) is -17.4. The van der Waals surface area contributed by atoms with Gasteiger partial charge in [-0.25, -0.2) is 33.0 Å². The first kappa shape index (κ1) is 30.4. The maximum atomic E-state index is 16.2. The molecule has 23 heteroatoms. The standard InChI is InChI=1S/C17H19FN5O14P3/c18-16(26)13(25)10(6-34-39(30,31)37-40(32,33)36-38(27,28)29)35-17(16,12(24)9-4-2-1-3-5-9)23-8-22-11-14(19)20-7-21-15(11)23/h1-5,7-8,10,13,25-26H,6H2,(H,30,31)(H,32,33)(H2,19,20,21)(H2,27,28,29)/t10-,13-,16-,17-/m1/s1. The number of phosphoric acid groups is 3. The van der Waals surface area contributed by atoms with Gasteiger partial charge < -0.3 is 40.3 Å². The van der Waals surface area contributed by atoms with Crippen LogP contribution < -0.4 is 5.73 Å². The first-order valence-corrected chi connectivity index (χ1v) is 15.0. The number of carbonyl (C=O) groups excluding carboxylic acids is 1. The third-order valence-electron chi connectivity index (χ3n) is 5.40. The zero-order valence-electron chi connectivity index (χ0n) is 19.4. The van der Waals surface area contributed by atoms with Gasteiger partial charge in [-0.15, -0.1) is 0 Å². The molecule has 40 heavy (non-hydrogen) atoms. The first-order valence-electron chi connectivity index (χ1n) is 10.5. The molecular formula is C17H19FN5O14P3. The number of phosphoric ester groups is 1. The number of nitrogen functional groups attached to an aromatic ring is 1. The summed E-state index contributed by atoms with van der Waals surface area (Å²) in [4.78, 5) is 61.5. The van der Waals surface area contributed by atoms with Crippen LogP contribution >= 0.6 is 23.5 Å². The highest BCUT2D eigenvalue weighted by Crippen LogP contribution is 2.66. The lowest BCUT2D eigenvalue weighted by Gasteiger charge is -2.35. The van der Waals surface area contributed by atoms with Gasteiger partial charge in [0, 0.05) is 5.56 Å². The van der Waals surface area contributed by atoms with Gasteiger partial charge in [0.05, 0.1) is 6.61 Å². The molecule has 0 spiro atoms. The fourth-order valence-corrected chi connectivity index (χ4v) is 6.86. The number of alkyl halides is 1. The Hall–Kier alpha value is -2.54. The van der Waals surface area contributed by atoms with E-state index >= 15 is 4.39 Å². The van der Waals surface area contributed by atoms with Crippen molar-refractivity contribution in [3.63, 3.8) is 0 Å². The Labute approximate surface area is 221 Å². The minimum Gasteiger partial charge on any atom is -0.384 e. The van der Waals surface area contributed by atoms with Crippen LogP contribution in [0.25, 0.3) is 11.2 Å². The monoisotopic (exact) mass is 629 g/mol. The number of ketones is 1. The lowest BCUT2D eigenvalue weighted by Crippen LogP contribution is -2.59. The number of nitrogens with two attached hydrogens (primary N) is 1. The number of hydrogen-bond acceptors (Lipinski definition) is 14. The molecule has 1 aromatic carbocycles. The van der Waals surface area contributed by atoms with Gasteiger partial charge in [0.15, 0.2) is 11.5 Å². The number of nitrogens with zero attached hydrogens (tertiary/aromatic N) is 4. The number of halogens is 1. The predicted octanol–water partition coefficient (Wildman–Crippen LogP) is -0.295. The SMILES string of the molecule is Nc1ncnc2c1ncn2[C@]1(C(=O)c2ccccc2)O[C@H](COP(=O)(O)OP(=O)(O)OP(=O)(O)O)[C@@H](O)[C@]1(O)F. The minimum atomic E-state index is -5.91. The second-order valence-electron chi connectivity index (χ2n) is 8.05. The average molecular weight is 629 g/mol. The van der Waals surface area contributed by atoms with Gasteiger partial charge in [-0.3, -0.25) is 13.9 Å². The van der Waals surface area contributed by atoms with Gasteiger partial charge in [-0.1, -0.05) is 30.3 Å². The molecule has 0 saturated carbocycles. The average Bonchev–Trinajstić information content (AvgIpc) is 3.35. The largest absolute Gasteiger partial charge is 0.490 e. The molecule has 0 radical (unpaired) electrons. The number of rotatable bonds is 10. The van der Waals surface area contributed by atoms with Crippen molar-refractivity contribution in [2.75, 3.05) is 12.3 Å². The molecule has 1 aliphatic rings. The Morgan fingerprint density at radius 1 is 1.07 bits per heavy atom. The molecule has 0 amide bonds. The fourth-order valence-electron chi connectivity index (χ4n) is 3.83. The lowest BCUT2D eigenvalue weighted by molar-refractivity contribution is -0.231. The molecule has 3 heterocycles. The molecule has 1 fully saturated rings. The zero-order chi connectivity index (χ0) is 29.7. The van der Waals surface area contributed by atoms with Crippen LogP contribution in [0.5, 0.6) is 0 Å². The molecule has 2 unspecified atom stereocenters. The van der Waals surface area contributed by atoms with Gasteiger partial charge in [0.2, 0.25) is 5.78 Å². The van der Waals surface area contributed by atoms with Gasteiger partial charge in [0.1, 0.15) is 30.4 Å². The Balaban J connectivity index is 1.73. The molecule has 8 N–H and O–H groups in total. The van der Waals surface area contributed by atoms with Crippen LogP contribution in [0.3, 0.4) is 0 Å². The van der Waals surface area contributed by atoms with E-state index in [1.165, 1.54) is 30.3 Å². The minimum absolute atomic E-state index is 0.159. The number of aromatic nitrogens is 4. The summed E-state index contributed by atoms with van der Waals surface area (Å²) in [6, 6.07) is 6.74. The van der Waals surface area contributed by atoms with E-state index in [1.54, 1.807) is 0 Å². The Morgan fingerprint density at radius 3 is 2.35 bits per heavy atom. The lowest BCUT2D eigenvalue weighted by atomic mass is 9.91. The van der Waals surface area contributed by atoms with Crippen molar-refractivity contribution in [2.24, 2.45) is 0 Å². The molecule has 1 aliphatic heterocycles. The van der Waals surface area contributed by atoms with Crippen LogP contribution in [-0.2, 0) is 37.3 Å². The molecule has 218 valence electrons. The van der Waals surface area contributed by atoms with Gasteiger partial charge in [-0.2, -0.15) is 8.62 Å². The zero-order valence-corrected chi connectivity index (χ0v) is 22.1. The van der Waals surface area contributed by atoms with E-state index in [1.807, 2.05) is 0 Å². The predicted molar refractivity (Wildman–Crippen MR) is 125 cm³/mol. The van der Waals surface area contributed by atoms with Crippen LogP contribution in [0.15, 0.2) is 43.0 Å². The Kier molecular flexibility index (Phi) is 7.89. The van der Waals surface area contributed by atoms with Gasteiger partial charge >= 0.3 is 23.5 Å². The summed E-state index contributed by atoms with van der Waals surface area (Å²) in [5.41, 5.74) is 1.78. The van der Waals surface area contributed by atoms with E-state index in [0.717, 1.165) is 12.7 Å². The normalized spacial score (nSPS) is 28.3. The van der Waals surface area contributed by atoms with Crippen molar-refractivity contribution < 1.29 is 70.5 Å². The van der Waals surface area contributed by atoms with E-state index in [9.17, 15) is 38.5 Å². The number of fused-ring (bicyclic) bond motifs is 1. The summed E-state index contributed by atoms with van der Waals surface area (Å²) in [5, 5.41) is 21.6. The summed E-state index contributed by atoms with van der Waals surface area (Å²) < 4.78 is 68.4. The van der Waals surface area contributed by atoms with Crippen LogP contribution in [0.1, 0.15) is 10.4 Å². The third-order valence-corrected chi connectivity index (χ3v) is 9.21. The van der Waals surface area contributed by atoms with Gasteiger partial charge in [-0.05, 0) is 0 Å². The smallest absolute Gasteiger partial charge is 0.384 e. The summed E-state index contributed by atoms with van der Waals surface area (Å²) in [5.74, 6) is -5.55. The van der Waals surface area contributed by atoms with Crippen LogP contribution in [0.2, 0.25) is 0 Å². The molecule has 1 saturated heterocycles. The quantitative estimate of drug-likeness (QED) is 0.112. The highest BCUT2D eigenvalue weighted by Gasteiger charge is 2.72. The number of hydrogen-bond donors (Lipinski definition) is 7. The Bertz CT molecular complexity index is 1580. The maximum Gasteiger partial charge on any atom is 0.490 e. The summed E-state index contributed by atoms with van der Waals surface area (Å²) in [6.45, 7) is -1.41. The number of anilines is 1. The van der Waals surface area contributed by atoms with E-state index in [-0.39, 0.29) is 22.5 Å². The van der Waals surface area contributed by atoms with E-state index in [4.69, 9.17) is 20.3 Å². The van der Waals surface area contributed by atoms with Crippen LogP contribution in [-0.4, -0.2) is 79.8 Å². The van der Waals surface area contributed by atoms with E-state index < -0.39 is 59.6 Å². The van der Waals surface area contributed by atoms with Crippen molar-refractivity contribution in [2.45, 2.75) is 23.8 Å². The second kappa shape index (κ2) is 10.4. The van der Waals surface area contributed by atoms with Crippen molar-refractivity contribution in [1.29, 1.82) is 0 Å². The third kappa shape index (κ3) is 5.63. The van der Waals surface area contributed by atoms with E-state index in [2.05, 4.69) is 28.1 Å². The fraction of sp³-hybridized carbons (Fsp3) is 0.294. The van der Waals surface area contributed by atoms with Crippen molar-refractivity contribution in [3.8, 4) is 0 Å². The number of aliphatic hydroxyl groups excluding tert-OH is 1. The first-order chi connectivity index (χ1) is 18.4. The number of ether oxygens (including phenoxy) is 1. The maximum absolute atomic E-state index is 16.2. The molecule has 6 atom stereocenters. The highest BCUT2D eigenvalue weighted by atomic mass is 31.3. The van der Waals surface area contributed by atoms with Crippen LogP contribution in [0, 0.1) is 0 Å². The molecule has 4 rings (SSSR count). The number of imidazole rings is 1.